The molecule has 0 unspecified atom stereocenters. The van der Waals surface area contributed by atoms with Crippen LogP contribution in [0.25, 0.3) is 17.5 Å². The molecule has 36 heavy (non-hydrogen) atoms. The van der Waals surface area contributed by atoms with Crippen LogP contribution in [0.4, 0.5) is 6.01 Å². The Morgan fingerprint density at radius 1 is 1.03 bits per heavy atom. The number of anilines is 1. The number of nitrogen functional groups attached to an aromatic ring is 1. The molecule has 8 heteroatoms. The van der Waals surface area contributed by atoms with Crippen molar-refractivity contribution in [1.29, 1.82) is 0 Å². The molecular weight excluding hydrogens is 458 g/mol. The van der Waals surface area contributed by atoms with Gasteiger partial charge in [-0.25, -0.2) is 14.2 Å². The van der Waals surface area contributed by atoms with Crippen LogP contribution in [0.3, 0.4) is 0 Å². The zero-order valence-corrected chi connectivity index (χ0v) is 20.4. The summed E-state index contributed by atoms with van der Waals surface area (Å²) in [4.78, 5) is 30.9. The summed E-state index contributed by atoms with van der Waals surface area (Å²) in [5, 5.41) is 0.188. The number of benzene rings is 2. The zero-order valence-electron chi connectivity index (χ0n) is 20.4. The second-order valence-corrected chi connectivity index (χ2v) is 8.56. The summed E-state index contributed by atoms with van der Waals surface area (Å²) in [5.74, 6) is -1.05. The van der Waals surface area contributed by atoms with Gasteiger partial charge in [0.1, 0.15) is 16.6 Å². The number of rotatable bonds is 6. The second-order valence-electron chi connectivity index (χ2n) is 8.56. The standard InChI is InChI=1S/C28H27N3O5/c1-4-16-7-9-18(10-8-16)15-20-26(32)35-24-22(27(33)34-6-3)21(19-13-11-17(5-2)12-14-19)23-25(31(20)24)36-28(29)30-23/h7-15,21H,4-6H2,1-3H3,(H2,29,30)/b20-15+/t21-/m1/s1. The minimum Gasteiger partial charge on any atom is -0.462 e. The first kappa shape index (κ1) is 23.4. The van der Waals surface area contributed by atoms with E-state index in [0.717, 1.165) is 29.5 Å². The van der Waals surface area contributed by atoms with Crippen LogP contribution in [0.1, 0.15) is 54.6 Å². The maximum Gasteiger partial charge on any atom is 0.362 e. The fourth-order valence-corrected chi connectivity index (χ4v) is 4.53. The van der Waals surface area contributed by atoms with Crippen molar-refractivity contribution in [3.63, 3.8) is 0 Å². The third kappa shape index (κ3) is 3.94. The first-order chi connectivity index (χ1) is 17.4. The van der Waals surface area contributed by atoms with Gasteiger partial charge in [0.2, 0.25) is 11.4 Å². The lowest BCUT2D eigenvalue weighted by atomic mass is 9.86. The van der Waals surface area contributed by atoms with Crippen molar-refractivity contribution in [2.75, 3.05) is 12.3 Å². The lowest BCUT2D eigenvalue weighted by molar-refractivity contribution is -0.136. The number of carbonyl (C=O) groups excluding carboxylic acids is 1. The lowest BCUT2D eigenvalue weighted by Crippen LogP contribution is -2.37. The van der Waals surface area contributed by atoms with Gasteiger partial charge in [-0.15, -0.1) is 0 Å². The molecule has 0 amide bonds. The number of aromatic nitrogens is 2. The van der Waals surface area contributed by atoms with E-state index < -0.39 is 17.5 Å². The van der Waals surface area contributed by atoms with Crippen LogP contribution in [-0.2, 0) is 22.4 Å². The fraction of sp³-hybridized carbons (Fsp3) is 0.250. The number of oxazole rings is 2. The van der Waals surface area contributed by atoms with Gasteiger partial charge in [0, 0.05) is 0 Å². The van der Waals surface area contributed by atoms with Crippen LogP contribution < -0.4 is 22.3 Å². The van der Waals surface area contributed by atoms with Crippen molar-refractivity contribution >= 4 is 23.6 Å². The van der Waals surface area contributed by atoms with Crippen LogP contribution >= 0.6 is 0 Å². The van der Waals surface area contributed by atoms with Crippen molar-refractivity contribution in [3.05, 3.63) is 97.8 Å². The molecule has 0 saturated carbocycles. The van der Waals surface area contributed by atoms with Crippen LogP contribution in [0.15, 0.2) is 62.2 Å². The molecule has 4 aromatic rings. The zero-order chi connectivity index (χ0) is 25.4. The first-order valence-corrected chi connectivity index (χ1v) is 12.0. The summed E-state index contributed by atoms with van der Waals surface area (Å²) in [5.41, 5.74) is 9.89. The fourth-order valence-electron chi connectivity index (χ4n) is 4.53. The van der Waals surface area contributed by atoms with Gasteiger partial charge in [-0.3, -0.25) is 0 Å². The van der Waals surface area contributed by atoms with Gasteiger partial charge in [-0.05, 0) is 48.1 Å². The Hall–Kier alpha value is -4.33. The van der Waals surface area contributed by atoms with E-state index in [4.69, 9.17) is 19.3 Å². The third-order valence-electron chi connectivity index (χ3n) is 6.40. The number of esters is 1. The van der Waals surface area contributed by atoms with Gasteiger partial charge in [0.05, 0.1) is 12.5 Å². The van der Waals surface area contributed by atoms with E-state index in [2.05, 4.69) is 18.8 Å². The highest BCUT2D eigenvalue weighted by Crippen LogP contribution is 2.38. The van der Waals surface area contributed by atoms with Crippen LogP contribution in [0.2, 0.25) is 0 Å². The quantitative estimate of drug-likeness (QED) is 0.418. The van der Waals surface area contributed by atoms with Gasteiger partial charge in [-0.1, -0.05) is 62.4 Å². The van der Waals surface area contributed by atoms with Gasteiger partial charge in [0.15, 0.2) is 0 Å². The van der Waals surface area contributed by atoms with Crippen molar-refractivity contribution in [3.8, 4) is 5.88 Å². The van der Waals surface area contributed by atoms with E-state index in [1.807, 2.05) is 48.5 Å². The van der Waals surface area contributed by atoms with Crippen LogP contribution in [-0.4, -0.2) is 22.1 Å². The Balaban J connectivity index is 1.84. The molecule has 0 radical (unpaired) electrons. The van der Waals surface area contributed by atoms with Crippen LogP contribution in [0, 0.1) is 0 Å². The predicted octanol–water partition coefficient (Wildman–Crippen LogP) is 2.81. The topological polar surface area (TPSA) is 113 Å². The van der Waals surface area contributed by atoms with Gasteiger partial charge >= 0.3 is 11.6 Å². The molecule has 0 fully saturated rings. The minimum absolute atomic E-state index is 0.0445. The summed E-state index contributed by atoms with van der Waals surface area (Å²) in [7, 11) is 0. The Morgan fingerprint density at radius 2 is 1.67 bits per heavy atom. The van der Waals surface area contributed by atoms with Gasteiger partial charge in [0.25, 0.3) is 6.01 Å². The molecule has 8 nitrogen and oxygen atoms in total. The maximum absolute atomic E-state index is 13.3. The molecule has 1 aliphatic rings. The number of hydrogen-bond acceptors (Lipinski definition) is 7. The van der Waals surface area contributed by atoms with Crippen molar-refractivity contribution in [1.82, 2.24) is 9.55 Å². The highest BCUT2D eigenvalue weighted by molar-refractivity contribution is 6.12. The summed E-state index contributed by atoms with van der Waals surface area (Å²) in [6, 6.07) is 15.6. The van der Waals surface area contributed by atoms with Gasteiger partial charge < -0.3 is 19.3 Å². The van der Waals surface area contributed by atoms with E-state index in [1.165, 1.54) is 10.1 Å². The van der Waals surface area contributed by atoms with Gasteiger partial charge in [-0.2, -0.15) is 4.98 Å². The number of nitrogens with zero attached hydrogens (tertiary/aromatic N) is 2. The summed E-state index contributed by atoms with van der Waals surface area (Å²) in [6.07, 6.45) is 3.47. The molecule has 2 aromatic carbocycles. The Bertz CT molecular complexity index is 1610. The minimum atomic E-state index is -0.687. The molecule has 0 aliphatic carbocycles. The van der Waals surface area contributed by atoms with Crippen molar-refractivity contribution < 1.29 is 18.4 Å². The highest BCUT2D eigenvalue weighted by Gasteiger charge is 2.39. The molecular formula is C28H27N3O5. The van der Waals surface area contributed by atoms with Crippen molar-refractivity contribution in [2.45, 2.75) is 39.5 Å². The van der Waals surface area contributed by atoms with E-state index in [9.17, 15) is 9.59 Å². The second kappa shape index (κ2) is 9.37. The highest BCUT2D eigenvalue weighted by atomic mass is 16.5. The molecule has 0 spiro atoms. The predicted molar refractivity (Wildman–Crippen MR) is 135 cm³/mol. The molecule has 0 saturated heterocycles. The Kier molecular flexibility index (Phi) is 6.10. The van der Waals surface area contributed by atoms with E-state index in [1.54, 1.807) is 13.0 Å². The van der Waals surface area contributed by atoms with Crippen molar-refractivity contribution in [2.24, 2.45) is 0 Å². The normalized spacial score (nSPS) is 15.0. The average molecular weight is 486 g/mol. The summed E-state index contributed by atoms with van der Waals surface area (Å²) < 4.78 is 18.4. The molecule has 2 aromatic heterocycles. The molecule has 0 bridgehead atoms. The molecule has 1 atom stereocenters. The number of hydrogen-bond donors (Lipinski definition) is 1. The third-order valence-corrected chi connectivity index (χ3v) is 6.40. The van der Waals surface area contributed by atoms with E-state index >= 15 is 0 Å². The average Bonchev–Trinajstić information content (AvgIpc) is 3.42. The molecule has 184 valence electrons. The number of fused-ring (bicyclic) bond motifs is 3. The molecule has 5 rings (SSSR count). The largest absolute Gasteiger partial charge is 0.462 e. The number of ether oxygens (including phenoxy) is 1. The monoisotopic (exact) mass is 485 g/mol. The van der Waals surface area contributed by atoms with E-state index in [0.29, 0.717) is 5.69 Å². The molecule has 1 aliphatic heterocycles. The Labute approximate surface area is 207 Å². The summed E-state index contributed by atoms with van der Waals surface area (Å²) >= 11 is 0. The smallest absolute Gasteiger partial charge is 0.362 e. The summed E-state index contributed by atoms with van der Waals surface area (Å²) in [6.45, 7) is 6.02. The number of aryl methyl sites for hydroxylation is 2. The molecule has 2 N–H and O–H groups in total. The SMILES string of the molecule is CCOC(=O)C1=c2oc(=O)/c(=C\c3ccc(CC)cc3)n2-c2oc(N)nc2[C@@H]1c1ccc(CC)cc1. The molecule has 3 heterocycles. The Morgan fingerprint density at radius 3 is 2.28 bits per heavy atom. The van der Waals surface area contributed by atoms with E-state index in [-0.39, 0.29) is 35.0 Å². The number of carbonyl (C=O) groups is 1. The van der Waals surface area contributed by atoms with Crippen LogP contribution in [0.5, 0.6) is 0 Å². The maximum atomic E-state index is 13.3. The number of nitrogens with two attached hydrogens (primary N) is 1. The lowest BCUT2D eigenvalue weighted by Gasteiger charge is -2.22. The first-order valence-electron chi connectivity index (χ1n) is 12.0.